The van der Waals surface area contributed by atoms with Gasteiger partial charge in [-0.1, -0.05) is 24.8 Å². The number of rotatable bonds is 3. The fraction of sp³-hybridized carbons (Fsp3) is 0.400. The first-order chi connectivity index (χ1) is 10.8. The van der Waals surface area contributed by atoms with Gasteiger partial charge in [-0.15, -0.1) is 16.4 Å². The molecule has 3 heterocycles. The molecular formula is C15H16N4OS2. The van der Waals surface area contributed by atoms with E-state index in [1.54, 1.807) is 23.1 Å². The second kappa shape index (κ2) is 5.55. The summed E-state index contributed by atoms with van der Waals surface area (Å²) >= 11 is 3.28. The summed E-state index contributed by atoms with van der Waals surface area (Å²) < 4.78 is 1.88. The fourth-order valence-corrected chi connectivity index (χ4v) is 4.41. The van der Waals surface area contributed by atoms with Crippen molar-refractivity contribution in [3.63, 3.8) is 0 Å². The highest BCUT2D eigenvalue weighted by molar-refractivity contribution is 7.99. The quantitative estimate of drug-likeness (QED) is 0.872. The molecular weight excluding hydrogens is 316 g/mol. The van der Waals surface area contributed by atoms with Gasteiger partial charge in [-0.2, -0.15) is 4.98 Å². The first-order valence-corrected chi connectivity index (χ1v) is 9.30. The molecule has 114 valence electrons. The van der Waals surface area contributed by atoms with Gasteiger partial charge in [-0.3, -0.25) is 4.79 Å². The molecule has 0 amide bonds. The first-order valence-electron chi connectivity index (χ1n) is 7.44. The van der Waals surface area contributed by atoms with Crippen LogP contribution in [0.1, 0.15) is 37.1 Å². The maximum Gasteiger partial charge on any atom is 0.227 e. The molecule has 1 aliphatic heterocycles. The molecule has 2 aromatic rings. The third-order valence-electron chi connectivity index (χ3n) is 3.93. The highest BCUT2D eigenvalue weighted by Gasteiger charge is 2.37. The van der Waals surface area contributed by atoms with Gasteiger partial charge < -0.3 is 5.32 Å². The Morgan fingerprint density at radius 1 is 1.50 bits per heavy atom. The van der Waals surface area contributed by atoms with Crippen LogP contribution in [0.3, 0.4) is 0 Å². The number of thiophene rings is 1. The minimum absolute atomic E-state index is 0.127. The number of nitrogens with one attached hydrogen (secondary N) is 1. The minimum Gasteiger partial charge on any atom is -0.328 e. The average molecular weight is 332 g/mol. The van der Waals surface area contributed by atoms with E-state index in [4.69, 9.17) is 0 Å². The number of ketones is 1. The summed E-state index contributed by atoms with van der Waals surface area (Å²) in [6, 6.07) is 3.97. The van der Waals surface area contributed by atoms with Gasteiger partial charge in [-0.25, -0.2) is 4.68 Å². The summed E-state index contributed by atoms with van der Waals surface area (Å²) in [7, 11) is 0. The molecule has 7 heteroatoms. The van der Waals surface area contributed by atoms with E-state index in [1.807, 2.05) is 16.1 Å². The van der Waals surface area contributed by atoms with Crippen molar-refractivity contribution < 1.29 is 4.79 Å². The van der Waals surface area contributed by atoms with Gasteiger partial charge in [0.25, 0.3) is 0 Å². The number of carbonyl (C=O) groups is 1. The molecule has 0 spiro atoms. The molecule has 5 nitrogen and oxygen atoms in total. The number of hydrogen-bond acceptors (Lipinski definition) is 6. The summed E-state index contributed by atoms with van der Waals surface area (Å²) in [5.41, 5.74) is 1.90. The third kappa shape index (κ3) is 2.19. The van der Waals surface area contributed by atoms with Gasteiger partial charge in [0.2, 0.25) is 11.1 Å². The van der Waals surface area contributed by atoms with Crippen molar-refractivity contribution >= 4 is 34.8 Å². The second-order valence-electron chi connectivity index (χ2n) is 5.31. The topological polar surface area (TPSA) is 59.8 Å². The van der Waals surface area contributed by atoms with E-state index in [2.05, 4.69) is 28.4 Å². The van der Waals surface area contributed by atoms with Crippen molar-refractivity contribution in [1.29, 1.82) is 0 Å². The maximum absolute atomic E-state index is 12.5. The predicted molar refractivity (Wildman–Crippen MR) is 88.4 cm³/mol. The van der Waals surface area contributed by atoms with Crippen LogP contribution in [0.5, 0.6) is 0 Å². The highest BCUT2D eigenvalue weighted by atomic mass is 32.2. The van der Waals surface area contributed by atoms with Crippen LogP contribution >= 0.6 is 23.1 Å². The molecule has 0 aromatic carbocycles. The second-order valence-corrected chi connectivity index (χ2v) is 7.52. The molecule has 1 atom stereocenters. The van der Waals surface area contributed by atoms with E-state index in [9.17, 15) is 4.79 Å². The number of thioether (sulfide) groups is 1. The number of fused-ring (bicyclic) bond motifs is 1. The molecule has 2 aromatic heterocycles. The lowest BCUT2D eigenvalue weighted by Gasteiger charge is -2.31. The highest BCUT2D eigenvalue weighted by Crippen LogP contribution is 2.41. The smallest absolute Gasteiger partial charge is 0.227 e. The number of aromatic nitrogens is 3. The van der Waals surface area contributed by atoms with Crippen LogP contribution in [-0.4, -0.2) is 26.3 Å². The van der Waals surface area contributed by atoms with Gasteiger partial charge in [0.15, 0.2) is 5.78 Å². The Morgan fingerprint density at radius 2 is 2.41 bits per heavy atom. The number of nitrogens with zero attached hydrogens (tertiary/aromatic N) is 3. The van der Waals surface area contributed by atoms with Gasteiger partial charge in [-0.05, 0) is 30.0 Å². The van der Waals surface area contributed by atoms with Gasteiger partial charge in [0, 0.05) is 22.6 Å². The third-order valence-corrected chi connectivity index (χ3v) is 5.58. The van der Waals surface area contributed by atoms with Crippen LogP contribution in [0.2, 0.25) is 0 Å². The molecule has 0 radical (unpaired) electrons. The standard InChI is InChI=1S/C15H16N4OS2/c1-2-21-15-17-14-16-9-5-3-6-10(20)12(9)13(19(14)18-15)11-7-4-8-22-11/h4,7-8,13H,2-3,5-6H2,1H3,(H,16,17,18). The van der Waals surface area contributed by atoms with Gasteiger partial charge in [0.1, 0.15) is 6.04 Å². The lowest BCUT2D eigenvalue weighted by molar-refractivity contribution is -0.116. The lowest BCUT2D eigenvalue weighted by atomic mass is 9.88. The van der Waals surface area contributed by atoms with E-state index in [1.165, 1.54) is 0 Å². The largest absolute Gasteiger partial charge is 0.328 e. The van der Waals surface area contributed by atoms with Crippen LogP contribution in [0.25, 0.3) is 0 Å². The number of anilines is 1. The predicted octanol–water partition coefficient (Wildman–Crippen LogP) is 3.47. The Kier molecular flexibility index (Phi) is 3.54. The summed E-state index contributed by atoms with van der Waals surface area (Å²) in [6.07, 6.45) is 2.45. The van der Waals surface area contributed by atoms with E-state index < -0.39 is 0 Å². The first kappa shape index (κ1) is 14.0. The zero-order chi connectivity index (χ0) is 15.1. The molecule has 1 aliphatic carbocycles. The Balaban J connectivity index is 1.86. The van der Waals surface area contributed by atoms with Gasteiger partial charge >= 0.3 is 0 Å². The lowest BCUT2D eigenvalue weighted by Crippen LogP contribution is -2.31. The van der Waals surface area contributed by atoms with Crippen molar-refractivity contribution in [2.45, 2.75) is 37.4 Å². The van der Waals surface area contributed by atoms with E-state index >= 15 is 0 Å². The van der Waals surface area contributed by atoms with E-state index in [0.29, 0.717) is 6.42 Å². The Hall–Kier alpha value is -1.60. The normalized spacial score (nSPS) is 20.6. The molecule has 1 N–H and O–H groups in total. The van der Waals surface area contributed by atoms with Crippen LogP contribution in [0.15, 0.2) is 33.9 Å². The zero-order valence-corrected chi connectivity index (χ0v) is 13.8. The van der Waals surface area contributed by atoms with Crippen LogP contribution < -0.4 is 5.32 Å². The number of allylic oxidation sites excluding steroid dienone is 2. The van der Waals surface area contributed by atoms with Crippen LogP contribution in [-0.2, 0) is 4.79 Å². The number of hydrogen-bond donors (Lipinski definition) is 1. The molecule has 2 aliphatic rings. The molecule has 0 saturated carbocycles. The van der Waals surface area contributed by atoms with Crippen LogP contribution in [0, 0.1) is 0 Å². The SMILES string of the molecule is CCSc1nc2n(n1)C(c1cccs1)C1=C(CCCC1=O)N2. The monoisotopic (exact) mass is 332 g/mol. The Bertz CT molecular complexity index is 748. The van der Waals surface area contributed by atoms with Crippen molar-refractivity contribution in [1.82, 2.24) is 14.8 Å². The average Bonchev–Trinajstić information content (AvgIpc) is 3.14. The zero-order valence-electron chi connectivity index (χ0n) is 12.2. The molecule has 0 fully saturated rings. The Morgan fingerprint density at radius 3 is 3.18 bits per heavy atom. The molecule has 0 saturated heterocycles. The molecule has 1 unspecified atom stereocenters. The Labute approximate surface area is 136 Å². The fourth-order valence-electron chi connectivity index (χ4n) is 3.04. The molecule has 22 heavy (non-hydrogen) atoms. The summed E-state index contributed by atoms with van der Waals surface area (Å²) in [5, 5.41) is 10.8. The summed E-state index contributed by atoms with van der Waals surface area (Å²) in [5.74, 6) is 1.92. The molecule has 4 rings (SSSR count). The van der Waals surface area contributed by atoms with Crippen molar-refractivity contribution in [3.8, 4) is 0 Å². The summed E-state index contributed by atoms with van der Waals surface area (Å²) in [6.45, 7) is 2.08. The van der Waals surface area contributed by atoms with Gasteiger partial charge in [0.05, 0.1) is 0 Å². The maximum atomic E-state index is 12.5. The van der Waals surface area contributed by atoms with Crippen LogP contribution in [0.4, 0.5) is 5.95 Å². The number of carbonyl (C=O) groups excluding carboxylic acids is 1. The summed E-state index contributed by atoms with van der Waals surface area (Å²) in [4.78, 5) is 18.2. The van der Waals surface area contributed by atoms with Crippen molar-refractivity contribution in [2.24, 2.45) is 0 Å². The molecule has 0 bridgehead atoms. The van der Waals surface area contributed by atoms with E-state index in [0.717, 1.165) is 45.8 Å². The van der Waals surface area contributed by atoms with E-state index in [-0.39, 0.29) is 11.8 Å². The van der Waals surface area contributed by atoms with Crippen molar-refractivity contribution in [2.75, 3.05) is 11.1 Å². The number of Topliss-reactive ketones (excluding diaryl/α,β-unsaturated/α-hetero) is 1. The minimum atomic E-state index is -0.127. The van der Waals surface area contributed by atoms with Crippen molar-refractivity contribution in [3.05, 3.63) is 33.7 Å².